The molecule has 0 saturated heterocycles. The van der Waals surface area contributed by atoms with Gasteiger partial charge in [0.25, 0.3) is 5.56 Å². The summed E-state index contributed by atoms with van der Waals surface area (Å²) in [5.74, 6) is 0. The van der Waals surface area contributed by atoms with Crippen LogP contribution in [0.15, 0.2) is 17.1 Å². The summed E-state index contributed by atoms with van der Waals surface area (Å²) >= 11 is 0. The molecule has 0 atom stereocenters. The van der Waals surface area contributed by atoms with E-state index in [1.54, 1.807) is 6.20 Å². The maximum Gasteiger partial charge on any atom is 0.263 e. The highest BCUT2D eigenvalue weighted by atomic mass is 35.5. The molecule has 0 bridgehead atoms. The number of aromatic nitrogens is 2. The number of aromatic amines is 2. The van der Waals surface area contributed by atoms with E-state index in [2.05, 4.69) is 10.2 Å². The largest absolute Gasteiger partial charge is 0.412 e. The smallest absolute Gasteiger partial charge is 0.263 e. The number of H-pyrrole nitrogens is 2. The molecule has 0 aliphatic carbocycles. The van der Waals surface area contributed by atoms with E-state index in [0.29, 0.717) is 0 Å². The summed E-state index contributed by atoms with van der Waals surface area (Å²) in [6.45, 7) is 0. The molecule has 4 N–H and O–H groups in total. The Kier molecular flexibility index (Phi) is 13.3. The van der Waals surface area contributed by atoms with Crippen LogP contribution in [-0.4, -0.2) is 15.7 Å². The standard InChI is InChI=1S/C3H4N2O.2ClH.H2O/c6-3-1-2-4-5-3;;;/h1-2H,(H2,4,5,6);2*1H;1H2. The Morgan fingerprint density at radius 2 is 1.89 bits per heavy atom. The second-order valence-corrected chi connectivity index (χ2v) is 0.967. The van der Waals surface area contributed by atoms with Crippen molar-refractivity contribution >= 4 is 24.8 Å². The van der Waals surface area contributed by atoms with Crippen LogP contribution in [0, 0.1) is 0 Å². The van der Waals surface area contributed by atoms with Crippen LogP contribution in [0.2, 0.25) is 0 Å². The van der Waals surface area contributed by atoms with Crippen LogP contribution < -0.4 is 5.56 Å². The van der Waals surface area contributed by atoms with Crippen molar-refractivity contribution in [2.24, 2.45) is 0 Å². The van der Waals surface area contributed by atoms with Crippen molar-refractivity contribution < 1.29 is 5.48 Å². The highest BCUT2D eigenvalue weighted by Gasteiger charge is 1.70. The molecule has 0 unspecified atom stereocenters. The van der Waals surface area contributed by atoms with Crippen molar-refractivity contribution in [3.63, 3.8) is 0 Å². The molecule has 9 heavy (non-hydrogen) atoms. The Balaban J connectivity index is -0.000000120. The summed E-state index contributed by atoms with van der Waals surface area (Å²) in [6, 6.07) is 1.42. The Morgan fingerprint density at radius 3 is 2.00 bits per heavy atom. The Hall–Kier alpha value is -0.450. The lowest BCUT2D eigenvalue weighted by Crippen LogP contribution is -1.93. The predicted octanol–water partition coefficient (Wildman–Crippen LogP) is -0.278. The third-order valence-electron chi connectivity index (χ3n) is 0.513. The summed E-state index contributed by atoms with van der Waals surface area (Å²) < 4.78 is 0. The van der Waals surface area contributed by atoms with Gasteiger partial charge in [-0.25, -0.2) is 0 Å². The third-order valence-corrected chi connectivity index (χ3v) is 0.513. The van der Waals surface area contributed by atoms with Crippen LogP contribution in [0.3, 0.4) is 0 Å². The lowest BCUT2D eigenvalue weighted by atomic mass is 10.7. The van der Waals surface area contributed by atoms with Gasteiger partial charge in [-0.15, -0.1) is 24.8 Å². The van der Waals surface area contributed by atoms with Crippen LogP contribution >= 0.6 is 24.8 Å². The summed E-state index contributed by atoms with van der Waals surface area (Å²) in [4.78, 5) is 9.98. The fraction of sp³-hybridized carbons (Fsp3) is 0. The van der Waals surface area contributed by atoms with E-state index in [4.69, 9.17) is 0 Å². The highest BCUT2D eigenvalue weighted by Crippen LogP contribution is 1.53. The molecule has 4 nitrogen and oxygen atoms in total. The van der Waals surface area contributed by atoms with E-state index in [1.807, 2.05) is 0 Å². The molecule has 1 heterocycles. The summed E-state index contributed by atoms with van der Waals surface area (Å²) in [7, 11) is 0. The maximum atomic E-state index is 9.98. The zero-order valence-corrected chi connectivity index (χ0v) is 6.01. The number of hydrogen-bond donors (Lipinski definition) is 2. The molecule has 1 aromatic rings. The fourth-order valence-corrected chi connectivity index (χ4v) is 0.272. The minimum absolute atomic E-state index is 0. The van der Waals surface area contributed by atoms with Crippen molar-refractivity contribution in [2.75, 3.05) is 0 Å². The van der Waals surface area contributed by atoms with E-state index in [1.165, 1.54) is 6.07 Å². The van der Waals surface area contributed by atoms with E-state index in [-0.39, 0.29) is 35.8 Å². The molecule has 1 rings (SSSR count). The van der Waals surface area contributed by atoms with Gasteiger partial charge in [-0.1, -0.05) is 0 Å². The van der Waals surface area contributed by atoms with E-state index >= 15 is 0 Å². The number of rotatable bonds is 0. The molecule has 0 saturated carbocycles. The molecule has 56 valence electrons. The van der Waals surface area contributed by atoms with Crippen LogP contribution in [0.4, 0.5) is 0 Å². The quantitative estimate of drug-likeness (QED) is 0.558. The van der Waals surface area contributed by atoms with Gasteiger partial charge in [-0.3, -0.25) is 9.89 Å². The average molecular weight is 175 g/mol. The topological polar surface area (TPSA) is 80.2 Å². The Bertz CT molecular complexity index is 156. The molecule has 1 aromatic heterocycles. The first-order valence-electron chi connectivity index (χ1n) is 1.61. The molecular formula is C3H8Cl2N2O2. The first-order chi connectivity index (χ1) is 2.89. The first-order valence-corrected chi connectivity index (χ1v) is 1.61. The lowest BCUT2D eigenvalue weighted by molar-refractivity contribution is 0.824. The Morgan fingerprint density at radius 1 is 1.33 bits per heavy atom. The average Bonchev–Trinajstić information content (AvgIpc) is 1.86. The summed E-state index contributed by atoms with van der Waals surface area (Å²) in [5, 5.41) is 4.81. The number of hydrogen-bond acceptors (Lipinski definition) is 1. The first kappa shape index (κ1) is 15.8. The monoisotopic (exact) mass is 174 g/mol. The fourth-order valence-electron chi connectivity index (χ4n) is 0.272. The van der Waals surface area contributed by atoms with Crippen molar-refractivity contribution in [3.05, 3.63) is 22.6 Å². The molecule has 0 aliphatic heterocycles. The van der Waals surface area contributed by atoms with Gasteiger partial charge in [0.1, 0.15) is 0 Å². The molecule has 0 amide bonds. The van der Waals surface area contributed by atoms with E-state index in [0.717, 1.165) is 0 Å². The van der Waals surface area contributed by atoms with Gasteiger partial charge < -0.3 is 10.6 Å². The number of nitrogens with one attached hydrogen (secondary N) is 2. The van der Waals surface area contributed by atoms with Crippen molar-refractivity contribution in [3.8, 4) is 0 Å². The van der Waals surface area contributed by atoms with E-state index in [9.17, 15) is 4.79 Å². The second kappa shape index (κ2) is 7.55. The van der Waals surface area contributed by atoms with Gasteiger partial charge in [0, 0.05) is 12.3 Å². The van der Waals surface area contributed by atoms with Gasteiger partial charge in [-0.05, 0) is 0 Å². The van der Waals surface area contributed by atoms with Crippen LogP contribution in [0.5, 0.6) is 0 Å². The minimum Gasteiger partial charge on any atom is -0.412 e. The van der Waals surface area contributed by atoms with Gasteiger partial charge >= 0.3 is 0 Å². The molecule has 6 heteroatoms. The van der Waals surface area contributed by atoms with Crippen molar-refractivity contribution in [1.29, 1.82) is 0 Å². The lowest BCUT2D eigenvalue weighted by Gasteiger charge is -1.55. The van der Waals surface area contributed by atoms with Gasteiger partial charge in [0.05, 0.1) is 0 Å². The molecule has 0 aromatic carbocycles. The molecule has 0 spiro atoms. The summed E-state index contributed by atoms with van der Waals surface area (Å²) in [5.41, 5.74) is -0.0880. The van der Waals surface area contributed by atoms with Crippen molar-refractivity contribution in [1.82, 2.24) is 10.2 Å². The Labute approximate surface area is 63.8 Å². The van der Waals surface area contributed by atoms with Crippen LogP contribution in [0.25, 0.3) is 0 Å². The number of halogens is 2. The molecule has 0 radical (unpaired) electrons. The van der Waals surface area contributed by atoms with Gasteiger partial charge in [0.2, 0.25) is 0 Å². The van der Waals surface area contributed by atoms with Gasteiger partial charge in [-0.2, -0.15) is 0 Å². The normalized spacial score (nSPS) is 5.78. The second-order valence-electron chi connectivity index (χ2n) is 0.967. The summed E-state index contributed by atoms with van der Waals surface area (Å²) in [6.07, 6.45) is 1.54. The zero-order valence-electron chi connectivity index (χ0n) is 4.38. The molecule has 0 aliphatic rings. The van der Waals surface area contributed by atoms with E-state index < -0.39 is 0 Å². The molecular weight excluding hydrogens is 167 g/mol. The highest BCUT2D eigenvalue weighted by molar-refractivity contribution is 5.85. The third kappa shape index (κ3) is 5.42. The zero-order chi connectivity index (χ0) is 4.41. The van der Waals surface area contributed by atoms with Crippen LogP contribution in [0.1, 0.15) is 0 Å². The van der Waals surface area contributed by atoms with Gasteiger partial charge in [0.15, 0.2) is 0 Å². The predicted molar refractivity (Wildman–Crippen MR) is 39.5 cm³/mol. The maximum absolute atomic E-state index is 9.98. The molecule has 0 fully saturated rings. The SMILES string of the molecule is Cl.Cl.O.O=c1cc[nH][nH]1. The van der Waals surface area contributed by atoms with Crippen molar-refractivity contribution in [2.45, 2.75) is 0 Å². The van der Waals surface area contributed by atoms with Crippen LogP contribution in [-0.2, 0) is 0 Å². The minimum atomic E-state index is -0.0880.